The van der Waals surface area contributed by atoms with Gasteiger partial charge in [0.15, 0.2) is 0 Å². The standard InChI is InChI=1S/C21H25N5O4S/c1-13-6-8-25(9-7-13)21-24-26-16(11-18(27)23-20(26)31-21)19(28)22-12-14-4-5-15(29-2)10-17(14)30-3/h4-5,10-11,13H,6-9,12H2,1-3H3,(H,22,28). The summed E-state index contributed by atoms with van der Waals surface area (Å²) in [6, 6.07) is 6.59. The van der Waals surface area contributed by atoms with Crippen LogP contribution in [0.25, 0.3) is 4.96 Å². The number of aromatic nitrogens is 3. The summed E-state index contributed by atoms with van der Waals surface area (Å²) < 4.78 is 12.0. The molecule has 2 aromatic heterocycles. The molecule has 3 aromatic rings. The number of methoxy groups -OCH3 is 2. The van der Waals surface area contributed by atoms with Gasteiger partial charge >= 0.3 is 0 Å². The summed E-state index contributed by atoms with van der Waals surface area (Å²) in [6.07, 6.45) is 2.19. The minimum Gasteiger partial charge on any atom is -0.497 e. The lowest BCUT2D eigenvalue weighted by Gasteiger charge is -2.29. The third-order valence-corrected chi connectivity index (χ3v) is 6.43. The van der Waals surface area contributed by atoms with Gasteiger partial charge in [0.1, 0.15) is 17.2 Å². The molecular formula is C21H25N5O4S. The van der Waals surface area contributed by atoms with Crippen molar-refractivity contribution in [2.24, 2.45) is 5.92 Å². The maximum atomic E-state index is 12.9. The highest BCUT2D eigenvalue weighted by Crippen LogP contribution is 2.27. The molecule has 1 amide bonds. The Hall–Kier alpha value is -3.14. The summed E-state index contributed by atoms with van der Waals surface area (Å²) in [6.45, 7) is 4.29. The number of hydrogen-bond donors (Lipinski definition) is 1. The molecular weight excluding hydrogens is 418 g/mol. The van der Waals surface area contributed by atoms with Crippen molar-refractivity contribution in [3.63, 3.8) is 0 Å². The van der Waals surface area contributed by atoms with Gasteiger partial charge in [0.05, 0.1) is 14.2 Å². The lowest BCUT2D eigenvalue weighted by molar-refractivity contribution is 0.0943. The molecule has 10 heteroatoms. The monoisotopic (exact) mass is 443 g/mol. The number of nitrogens with one attached hydrogen (secondary N) is 1. The van der Waals surface area contributed by atoms with Crippen LogP contribution in [0.3, 0.4) is 0 Å². The Labute approximate surface area is 183 Å². The number of carbonyl (C=O) groups excluding carboxylic acids is 1. The highest BCUT2D eigenvalue weighted by molar-refractivity contribution is 7.20. The predicted octanol–water partition coefficient (Wildman–Crippen LogP) is 2.33. The van der Waals surface area contributed by atoms with Crippen LogP contribution in [0.2, 0.25) is 0 Å². The van der Waals surface area contributed by atoms with Gasteiger partial charge in [-0.05, 0) is 30.9 Å². The first kappa shape index (κ1) is 21.1. The minimum absolute atomic E-state index is 0.162. The normalized spacial score (nSPS) is 14.6. The van der Waals surface area contributed by atoms with Gasteiger partial charge in [0, 0.05) is 37.3 Å². The smallest absolute Gasteiger partial charge is 0.274 e. The molecule has 164 valence electrons. The van der Waals surface area contributed by atoms with E-state index in [1.54, 1.807) is 26.4 Å². The second kappa shape index (κ2) is 8.93. The summed E-state index contributed by atoms with van der Waals surface area (Å²) in [7, 11) is 3.14. The summed E-state index contributed by atoms with van der Waals surface area (Å²) in [5.74, 6) is 1.56. The maximum absolute atomic E-state index is 12.9. The van der Waals surface area contributed by atoms with Crippen LogP contribution in [0.1, 0.15) is 35.8 Å². The number of anilines is 1. The Kier molecular flexibility index (Phi) is 6.08. The van der Waals surface area contributed by atoms with Gasteiger partial charge in [0.2, 0.25) is 10.1 Å². The van der Waals surface area contributed by atoms with Crippen molar-refractivity contribution in [1.29, 1.82) is 0 Å². The Morgan fingerprint density at radius 2 is 2.00 bits per heavy atom. The summed E-state index contributed by atoms with van der Waals surface area (Å²) >= 11 is 1.33. The van der Waals surface area contributed by atoms with Gasteiger partial charge in [-0.15, -0.1) is 5.10 Å². The van der Waals surface area contributed by atoms with E-state index in [0.29, 0.717) is 22.4 Å². The highest BCUT2D eigenvalue weighted by atomic mass is 32.1. The number of amides is 1. The maximum Gasteiger partial charge on any atom is 0.274 e. The lowest BCUT2D eigenvalue weighted by atomic mass is 10.00. The molecule has 1 aliphatic rings. The molecule has 0 aliphatic carbocycles. The molecule has 4 rings (SSSR count). The van der Waals surface area contributed by atoms with Crippen molar-refractivity contribution >= 4 is 27.3 Å². The van der Waals surface area contributed by atoms with Gasteiger partial charge in [-0.3, -0.25) is 9.59 Å². The number of rotatable bonds is 6. The molecule has 1 fully saturated rings. The van der Waals surface area contributed by atoms with Crippen LogP contribution >= 0.6 is 11.3 Å². The first-order valence-electron chi connectivity index (χ1n) is 10.1. The largest absolute Gasteiger partial charge is 0.497 e. The fourth-order valence-electron chi connectivity index (χ4n) is 3.56. The molecule has 0 spiro atoms. The average Bonchev–Trinajstić information content (AvgIpc) is 3.21. The first-order valence-corrected chi connectivity index (χ1v) is 10.9. The van der Waals surface area contributed by atoms with Crippen LogP contribution in [0.4, 0.5) is 5.13 Å². The van der Waals surface area contributed by atoms with Gasteiger partial charge < -0.3 is 19.7 Å². The fraction of sp³-hybridized carbons (Fsp3) is 0.429. The number of fused-ring (bicyclic) bond motifs is 1. The van der Waals surface area contributed by atoms with E-state index in [9.17, 15) is 9.59 Å². The Balaban J connectivity index is 1.57. The number of piperidine rings is 1. The van der Waals surface area contributed by atoms with E-state index in [1.807, 2.05) is 6.07 Å². The fourth-order valence-corrected chi connectivity index (χ4v) is 4.52. The van der Waals surface area contributed by atoms with Crippen LogP contribution < -0.4 is 25.2 Å². The van der Waals surface area contributed by atoms with E-state index < -0.39 is 11.5 Å². The van der Waals surface area contributed by atoms with Gasteiger partial charge in [-0.2, -0.15) is 9.50 Å². The van der Waals surface area contributed by atoms with Crippen LogP contribution in [0.5, 0.6) is 11.5 Å². The SMILES string of the molecule is COc1ccc(CNC(=O)c2cc(=O)nc3sc(N4CCC(C)CC4)nn23)c(OC)c1. The van der Waals surface area contributed by atoms with E-state index in [1.165, 1.54) is 21.9 Å². The quantitative estimate of drug-likeness (QED) is 0.624. The molecule has 0 radical (unpaired) electrons. The molecule has 1 N–H and O–H groups in total. The highest BCUT2D eigenvalue weighted by Gasteiger charge is 2.22. The van der Waals surface area contributed by atoms with Gasteiger partial charge in [-0.1, -0.05) is 18.3 Å². The van der Waals surface area contributed by atoms with E-state index in [4.69, 9.17) is 9.47 Å². The first-order chi connectivity index (χ1) is 15.0. The topological polar surface area (TPSA) is 98.1 Å². The number of benzene rings is 1. The molecule has 9 nitrogen and oxygen atoms in total. The molecule has 31 heavy (non-hydrogen) atoms. The van der Waals surface area contributed by atoms with Gasteiger partial charge in [0.25, 0.3) is 11.5 Å². The third kappa shape index (κ3) is 4.48. The predicted molar refractivity (Wildman–Crippen MR) is 118 cm³/mol. The molecule has 0 unspecified atom stereocenters. The van der Waals surface area contributed by atoms with Crippen molar-refractivity contribution < 1.29 is 14.3 Å². The molecule has 1 saturated heterocycles. The third-order valence-electron chi connectivity index (χ3n) is 5.46. The molecule has 1 aliphatic heterocycles. The minimum atomic E-state index is -0.463. The van der Waals surface area contributed by atoms with Crippen LogP contribution in [-0.2, 0) is 6.54 Å². The van der Waals surface area contributed by atoms with Crippen LogP contribution in [0, 0.1) is 5.92 Å². The van der Waals surface area contributed by atoms with E-state index in [-0.39, 0.29) is 12.2 Å². The second-order valence-corrected chi connectivity index (χ2v) is 8.52. The van der Waals surface area contributed by atoms with Crippen LogP contribution in [-0.4, -0.2) is 47.8 Å². The van der Waals surface area contributed by atoms with Crippen LogP contribution in [0.15, 0.2) is 29.1 Å². The van der Waals surface area contributed by atoms with E-state index in [0.717, 1.165) is 36.6 Å². The zero-order valence-electron chi connectivity index (χ0n) is 17.8. The number of nitrogens with zero attached hydrogens (tertiary/aromatic N) is 4. The lowest BCUT2D eigenvalue weighted by Crippen LogP contribution is -2.32. The average molecular weight is 444 g/mol. The van der Waals surface area contributed by atoms with Crippen molar-refractivity contribution in [2.75, 3.05) is 32.2 Å². The Bertz CT molecular complexity index is 1150. The van der Waals surface area contributed by atoms with E-state index >= 15 is 0 Å². The summed E-state index contributed by atoms with van der Waals surface area (Å²) in [4.78, 5) is 31.7. The molecule has 0 atom stereocenters. The number of ether oxygens (including phenoxy) is 2. The van der Waals surface area contributed by atoms with Crippen molar-refractivity contribution in [2.45, 2.75) is 26.3 Å². The van der Waals surface area contributed by atoms with Crippen molar-refractivity contribution in [3.8, 4) is 11.5 Å². The summed E-state index contributed by atoms with van der Waals surface area (Å²) in [5.41, 5.74) is 0.487. The van der Waals surface area contributed by atoms with E-state index in [2.05, 4.69) is 27.2 Å². The molecule has 3 heterocycles. The number of hydrogen-bond acceptors (Lipinski definition) is 8. The van der Waals surface area contributed by atoms with Crippen molar-refractivity contribution in [3.05, 3.63) is 45.9 Å². The zero-order chi connectivity index (χ0) is 22.0. The zero-order valence-corrected chi connectivity index (χ0v) is 18.6. The molecule has 0 bridgehead atoms. The second-order valence-electron chi connectivity index (χ2n) is 7.59. The summed E-state index contributed by atoms with van der Waals surface area (Å²) in [5, 5.41) is 8.21. The Morgan fingerprint density at radius 1 is 1.23 bits per heavy atom. The number of carbonyl (C=O) groups is 1. The molecule has 1 aromatic carbocycles. The van der Waals surface area contributed by atoms with Crippen molar-refractivity contribution in [1.82, 2.24) is 19.9 Å². The Morgan fingerprint density at radius 3 is 2.71 bits per heavy atom. The molecule has 0 saturated carbocycles. The van der Waals surface area contributed by atoms with Gasteiger partial charge in [-0.25, -0.2) is 0 Å².